The molecule has 0 saturated heterocycles. The smallest absolute Gasteiger partial charge is 0.255 e. The number of aromatic nitrogens is 5. The zero-order chi connectivity index (χ0) is 20.5. The molecule has 3 heterocycles. The number of hydrogen-bond acceptors (Lipinski definition) is 5. The Morgan fingerprint density at radius 2 is 2.24 bits per heavy atom. The Morgan fingerprint density at radius 3 is 3.00 bits per heavy atom. The van der Waals surface area contributed by atoms with Crippen LogP contribution in [0.25, 0.3) is 33.5 Å². The Balaban J connectivity index is 1.75. The number of H-pyrrole nitrogens is 1. The van der Waals surface area contributed by atoms with Gasteiger partial charge < -0.3 is 15.0 Å². The second kappa shape index (κ2) is 7.81. The fourth-order valence-electron chi connectivity index (χ4n) is 3.32. The van der Waals surface area contributed by atoms with Crippen LogP contribution < -0.4 is 5.32 Å². The molecule has 0 radical (unpaired) electrons. The highest BCUT2D eigenvalue weighted by atomic mass is 35.5. The number of aryl methyl sites for hydroxylation is 1. The van der Waals surface area contributed by atoms with Gasteiger partial charge in [-0.3, -0.25) is 9.48 Å². The van der Waals surface area contributed by atoms with Crippen molar-refractivity contribution >= 4 is 39.6 Å². The van der Waals surface area contributed by atoms with Gasteiger partial charge >= 0.3 is 0 Å². The fourth-order valence-corrected chi connectivity index (χ4v) is 3.49. The summed E-state index contributed by atoms with van der Waals surface area (Å²) in [6, 6.07) is 5.51. The van der Waals surface area contributed by atoms with Gasteiger partial charge in [-0.15, -0.1) is 0 Å². The van der Waals surface area contributed by atoms with Crippen LogP contribution in [0.5, 0.6) is 0 Å². The molecule has 0 aliphatic heterocycles. The summed E-state index contributed by atoms with van der Waals surface area (Å²) in [6.45, 7) is 2.44. The van der Waals surface area contributed by atoms with E-state index >= 15 is 0 Å². The predicted molar refractivity (Wildman–Crippen MR) is 112 cm³/mol. The van der Waals surface area contributed by atoms with Crippen molar-refractivity contribution in [1.82, 2.24) is 30.0 Å². The maximum atomic E-state index is 12.8. The second-order valence-corrected chi connectivity index (χ2v) is 7.26. The summed E-state index contributed by atoms with van der Waals surface area (Å²) in [7, 11) is 3.46. The number of aromatic amines is 1. The van der Waals surface area contributed by atoms with E-state index in [1.54, 1.807) is 24.2 Å². The van der Waals surface area contributed by atoms with E-state index in [0.717, 1.165) is 17.3 Å². The first-order valence-corrected chi connectivity index (χ1v) is 9.66. The van der Waals surface area contributed by atoms with Crippen LogP contribution in [0.15, 0.2) is 30.6 Å². The molecule has 3 aromatic heterocycles. The van der Waals surface area contributed by atoms with Gasteiger partial charge in [0.2, 0.25) is 0 Å². The van der Waals surface area contributed by atoms with Crippen molar-refractivity contribution in [2.75, 3.05) is 13.7 Å². The van der Waals surface area contributed by atoms with Crippen molar-refractivity contribution < 1.29 is 9.53 Å². The predicted octanol–water partition coefficient (Wildman–Crippen LogP) is 3.32. The van der Waals surface area contributed by atoms with Crippen LogP contribution in [0.3, 0.4) is 0 Å². The normalized spacial score (nSPS) is 12.6. The topological polar surface area (TPSA) is 97.7 Å². The minimum atomic E-state index is -0.218. The minimum Gasteiger partial charge on any atom is -0.383 e. The van der Waals surface area contributed by atoms with Gasteiger partial charge in [0.25, 0.3) is 5.91 Å². The van der Waals surface area contributed by atoms with E-state index in [0.29, 0.717) is 39.7 Å². The highest BCUT2D eigenvalue weighted by molar-refractivity contribution is 6.31. The van der Waals surface area contributed by atoms with Gasteiger partial charge in [0.15, 0.2) is 5.65 Å². The lowest BCUT2D eigenvalue weighted by molar-refractivity contribution is 0.0896. The Bertz CT molecular complexity index is 1200. The first kappa shape index (κ1) is 19.4. The molecule has 0 fully saturated rings. The lowest BCUT2D eigenvalue weighted by Crippen LogP contribution is -2.37. The number of nitrogens with one attached hydrogen (secondary N) is 2. The summed E-state index contributed by atoms with van der Waals surface area (Å²) >= 11 is 6.11. The summed E-state index contributed by atoms with van der Waals surface area (Å²) < 4.78 is 6.91. The van der Waals surface area contributed by atoms with Gasteiger partial charge in [-0.25, -0.2) is 9.97 Å². The third kappa shape index (κ3) is 3.56. The first-order valence-electron chi connectivity index (χ1n) is 9.28. The Kier molecular flexibility index (Phi) is 5.21. The number of halogens is 1. The number of amides is 1. The maximum Gasteiger partial charge on any atom is 0.255 e. The van der Waals surface area contributed by atoms with E-state index in [1.165, 1.54) is 0 Å². The van der Waals surface area contributed by atoms with E-state index in [2.05, 4.69) is 20.4 Å². The summed E-state index contributed by atoms with van der Waals surface area (Å²) in [5.41, 5.74) is 3.65. The minimum absolute atomic E-state index is 0.0712. The molecule has 150 valence electrons. The summed E-state index contributed by atoms with van der Waals surface area (Å²) in [4.78, 5) is 24.9. The van der Waals surface area contributed by atoms with Gasteiger partial charge in [-0.2, -0.15) is 5.10 Å². The van der Waals surface area contributed by atoms with Crippen LogP contribution in [-0.2, 0) is 11.8 Å². The van der Waals surface area contributed by atoms with Crippen molar-refractivity contribution in [1.29, 1.82) is 0 Å². The van der Waals surface area contributed by atoms with Crippen LogP contribution in [0, 0.1) is 0 Å². The monoisotopic (exact) mass is 412 g/mol. The Morgan fingerprint density at radius 1 is 1.41 bits per heavy atom. The highest BCUT2D eigenvalue weighted by Crippen LogP contribution is 2.29. The van der Waals surface area contributed by atoms with Crippen LogP contribution in [0.4, 0.5) is 0 Å². The molecule has 1 aromatic carbocycles. The number of rotatable bonds is 6. The first-order chi connectivity index (χ1) is 14.0. The molecule has 0 aliphatic carbocycles. The van der Waals surface area contributed by atoms with Gasteiger partial charge in [-0.1, -0.05) is 18.5 Å². The molecule has 9 heteroatoms. The van der Waals surface area contributed by atoms with Crippen molar-refractivity contribution in [2.45, 2.75) is 19.4 Å². The average molecular weight is 413 g/mol. The van der Waals surface area contributed by atoms with Gasteiger partial charge in [0.05, 0.1) is 29.9 Å². The van der Waals surface area contributed by atoms with E-state index in [-0.39, 0.29) is 11.9 Å². The number of carbonyl (C=O) groups is 1. The molecule has 1 amide bonds. The zero-order valence-electron chi connectivity index (χ0n) is 16.4. The molecule has 0 unspecified atom stereocenters. The van der Waals surface area contributed by atoms with Crippen LogP contribution in [0.2, 0.25) is 5.02 Å². The lowest BCUT2D eigenvalue weighted by atomic mass is 10.1. The molecule has 0 saturated carbocycles. The second-order valence-electron chi connectivity index (χ2n) is 6.82. The zero-order valence-corrected chi connectivity index (χ0v) is 17.1. The van der Waals surface area contributed by atoms with Crippen molar-refractivity contribution in [2.24, 2.45) is 7.05 Å². The van der Waals surface area contributed by atoms with E-state index in [9.17, 15) is 4.79 Å². The van der Waals surface area contributed by atoms with Gasteiger partial charge in [0, 0.05) is 30.8 Å². The molecule has 8 nitrogen and oxygen atoms in total. The van der Waals surface area contributed by atoms with Crippen molar-refractivity contribution in [3.63, 3.8) is 0 Å². The van der Waals surface area contributed by atoms with Crippen LogP contribution in [0.1, 0.15) is 23.7 Å². The molecule has 0 aliphatic rings. The third-order valence-electron chi connectivity index (χ3n) is 4.88. The quantitative estimate of drug-likeness (QED) is 0.506. The number of fused-ring (bicyclic) bond motifs is 2. The fraction of sp³-hybridized carbons (Fsp3) is 0.300. The molecule has 2 N–H and O–H groups in total. The third-order valence-corrected chi connectivity index (χ3v) is 5.11. The summed E-state index contributed by atoms with van der Waals surface area (Å²) in [5.74, 6) is -0.218. The maximum absolute atomic E-state index is 12.8. The Hall–Kier alpha value is -2.97. The van der Waals surface area contributed by atoms with E-state index < -0.39 is 0 Å². The van der Waals surface area contributed by atoms with Crippen molar-refractivity contribution in [3.8, 4) is 11.4 Å². The number of nitrogens with zero attached hydrogens (tertiary/aromatic N) is 4. The number of hydrogen-bond donors (Lipinski definition) is 2. The van der Waals surface area contributed by atoms with Gasteiger partial charge in [-0.05, 0) is 24.6 Å². The molecule has 29 heavy (non-hydrogen) atoms. The van der Waals surface area contributed by atoms with E-state index in [4.69, 9.17) is 21.3 Å². The molecule has 0 bridgehead atoms. The van der Waals surface area contributed by atoms with Crippen LogP contribution >= 0.6 is 11.6 Å². The number of methoxy groups -OCH3 is 1. The van der Waals surface area contributed by atoms with E-state index in [1.807, 2.05) is 32.2 Å². The lowest BCUT2D eigenvalue weighted by Gasteiger charge is -2.15. The molecule has 0 spiro atoms. The SMILES string of the molecule is CC[C@@H](COC)NC(=O)c1c[nH]c2ncc(-c3nn(C)c4cc(Cl)ccc34)nc12. The number of ether oxygens (including phenoxy) is 1. The van der Waals surface area contributed by atoms with Crippen LogP contribution in [-0.4, -0.2) is 50.4 Å². The summed E-state index contributed by atoms with van der Waals surface area (Å²) in [5, 5.41) is 9.11. The molecule has 4 aromatic rings. The largest absolute Gasteiger partial charge is 0.383 e. The molecular formula is C20H21ClN6O2. The molecule has 4 rings (SSSR count). The van der Waals surface area contributed by atoms with Gasteiger partial charge in [0.1, 0.15) is 16.9 Å². The molecular weight excluding hydrogens is 392 g/mol. The molecule has 1 atom stereocenters. The standard InChI is InChI=1S/C20H21ClN6O2/c1-4-12(10-29-3)24-20(28)14-8-22-19-18(14)25-15(9-23-19)17-13-6-5-11(21)7-16(13)27(2)26-17/h5-9,12H,4,10H2,1-3H3,(H,22,23)(H,24,28)/t12-/m0/s1. The van der Waals surface area contributed by atoms with Crippen molar-refractivity contribution in [3.05, 3.63) is 41.2 Å². The highest BCUT2D eigenvalue weighted by Gasteiger charge is 2.19. The average Bonchev–Trinajstić information content (AvgIpc) is 3.28. The Labute approximate surface area is 172 Å². The summed E-state index contributed by atoms with van der Waals surface area (Å²) in [6.07, 6.45) is 4.04. The number of carbonyl (C=O) groups excluding carboxylic acids is 1. The number of benzene rings is 1.